The first kappa shape index (κ1) is 16.7. The second kappa shape index (κ2) is 7.44. The van der Waals surface area contributed by atoms with Crippen LogP contribution in [0, 0.1) is 6.92 Å². The lowest BCUT2D eigenvalue weighted by Crippen LogP contribution is -2.22. The van der Waals surface area contributed by atoms with E-state index in [9.17, 15) is 0 Å². The first-order valence-corrected chi connectivity index (χ1v) is 9.18. The Morgan fingerprint density at radius 1 is 1.21 bits per heavy atom. The van der Waals surface area contributed by atoms with Gasteiger partial charge in [-0.3, -0.25) is 0 Å². The minimum absolute atomic E-state index is 0.260. The van der Waals surface area contributed by atoms with Crippen LogP contribution in [0.15, 0.2) is 36.4 Å². The van der Waals surface area contributed by atoms with Gasteiger partial charge in [-0.1, -0.05) is 42.3 Å². The quantitative estimate of drug-likeness (QED) is 0.455. The molecule has 106 valence electrons. The summed E-state index contributed by atoms with van der Waals surface area (Å²) in [5, 5.41) is 0. The second-order valence-electron chi connectivity index (χ2n) is 5.47. The molecule has 2 heteroatoms. The van der Waals surface area contributed by atoms with Crippen LogP contribution in [0.2, 0.25) is 0 Å². The molecule has 0 aliphatic heterocycles. The molecule has 0 aliphatic rings. The van der Waals surface area contributed by atoms with E-state index in [-0.39, 0.29) is 4.08 Å². The van der Waals surface area contributed by atoms with Gasteiger partial charge in [0, 0.05) is 0 Å². The van der Waals surface area contributed by atoms with Crippen LogP contribution in [0.1, 0.15) is 43.7 Å². The third-order valence-electron chi connectivity index (χ3n) is 3.58. The fourth-order valence-electron chi connectivity index (χ4n) is 2.41. The lowest BCUT2D eigenvalue weighted by molar-refractivity contribution is 0.616. The van der Waals surface area contributed by atoms with E-state index in [1.54, 1.807) is 0 Å². The molecule has 0 spiro atoms. The third-order valence-corrected chi connectivity index (χ3v) is 6.69. The first-order chi connectivity index (χ1) is 8.92. The lowest BCUT2D eigenvalue weighted by Gasteiger charge is -2.33. The summed E-state index contributed by atoms with van der Waals surface area (Å²) in [6.45, 7) is 10.7. The van der Waals surface area contributed by atoms with Crippen molar-refractivity contribution in [3.63, 3.8) is 0 Å². The predicted octanol–water partition coefficient (Wildman–Crippen LogP) is 5.88. The number of thioether (sulfide) groups is 2. The molecule has 1 rings (SSSR count). The van der Waals surface area contributed by atoms with E-state index in [2.05, 4.69) is 64.1 Å². The standard InChI is InChI=1S/C17H26S2/c1-13(2)11-17(18-5,19-6)12-15(4)16-9-7-14(3)8-10-16/h7-10,15H,1,11-12H2,2-6H3. The van der Waals surface area contributed by atoms with Gasteiger partial charge in [0.05, 0.1) is 4.08 Å². The fraction of sp³-hybridized carbons (Fsp3) is 0.529. The molecule has 0 aliphatic carbocycles. The molecule has 0 saturated carbocycles. The lowest BCUT2D eigenvalue weighted by atomic mass is 9.93. The Morgan fingerprint density at radius 2 is 1.74 bits per heavy atom. The largest absolute Gasteiger partial charge is 0.147 e. The van der Waals surface area contributed by atoms with Crippen LogP contribution in [0.4, 0.5) is 0 Å². The van der Waals surface area contributed by atoms with E-state index >= 15 is 0 Å². The highest BCUT2D eigenvalue weighted by atomic mass is 32.2. The van der Waals surface area contributed by atoms with Crippen molar-refractivity contribution in [3.8, 4) is 0 Å². The molecule has 0 nitrogen and oxygen atoms in total. The maximum atomic E-state index is 4.10. The average Bonchev–Trinajstić information content (AvgIpc) is 2.38. The average molecular weight is 295 g/mol. The van der Waals surface area contributed by atoms with Gasteiger partial charge in [-0.05, 0) is 50.7 Å². The normalized spacial score (nSPS) is 13.3. The maximum absolute atomic E-state index is 4.10. The molecule has 1 aromatic rings. The summed E-state index contributed by atoms with van der Waals surface area (Å²) in [7, 11) is 0. The molecule has 0 radical (unpaired) electrons. The van der Waals surface area contributed by atoms with Gasteiger partial charge < -0.3 is 0 Å². The fourth-order valence-corrected chi connectivity index (χ4v) is 4.69. The number of benzene rings is 1. The monoisotopic (exact) mass is 294 g/mol. The first-order valence-electron chi connectivity index (χ1n) is 6.73. The Bertz CT molecular complexity index is 402. The van der Waals surface area contributed by atoms with Crippen molar-refractivity contribution < 1.29 is 0 Å². The molecule has 1 unspecified atom stereocenters. The number of allylic oxidation sites excluding steroid dienone is 1. The van der Waals surface area contributed by atoms with Crippen LogP contribution in [-0.2, 0) is 0 Å². The Morgan fingerprint density at radius 3 is 2.16 bits per heavy atom. The summed E-state index contributed by atoms with van der Waals surface area (Å²) in [6, 6.07) is 8.97. The van der Waals surface area contributed by atoms with Crippen LogP contribution >= 0.6 is 23.5 Å². The molecular weight excluding hydrogens is 268 g/mol. The highest BCUT2D eigenvalue weighted by molar-refractivity contribution is 8.17. The molecule has 1 atom stereocenters. The highest BCUT2D eigenvalue weighted by Crippen LogP contribution is 2.46. The Labute approximate surface area is 127 Å². The zero-order chi connectivity index (χ0) is 14.5. The second-order valence-corrected chi connectivity index (χ2v) is 8.11. The SMILES string of the molecule is C=C(C)CC(CC(C)c1ccc(C)cc1)(SC)SC. The van der Waals surface area contributed by atoms with E-state index in [0.717, 1.165) is 6.42 Å². The molecule has 0 aromatic heterocycles. The van der Waals surface area contributed by atoms with Crippen molar-refractivity contribution in [2.45, 2.75) is 43.6 Å². The zero-order valence-electron chi connectivity index (χ0n) is 12.8. The van der Waals surface area contributed by atoms with Crippen LogP contribution in [0.5, 0.6) is 0 Å². The molecule has 0 bridgehead atoms. The van der Waals surface area contributed by atoms with Crippen molar-refractivity contribution in [1.82, 2.24) is 0 Å². The summed E-state index contributed by atoms with van der Waals surface area (Å²) in [5.41, 5.74) is 4.05. The van der Waals surface area contributed by atoms with E-state index in [1.165, 1.54) is 23.1 Å². The Balaban J connectivity index is 2.83. The van der Waals surface area contributed by atoms with Gasteiger partial charge in [0.25, 0.3) is 0 Å². The van der Waals surface area contributed by atoms with Gasteiger partial charge in [0.15, 0.2) is 0 Å². The molecule has 19 heavy (non-hydrogen) atoms. The minimum Gasteiger partial charge on any atom is -0.147 e. The van der Waals surface area contributed by atoms with E-state index < -0.39 is 0 Å². The molecule has 0 fully saturated rings. The van der Waals surface area contributed by atoms with Crippen molar-refractivity contribution >= 4 is 23.5 Å². The van der Waals surface area contributed by atoms with Gasteiger partial charge in [-0.15, -0.1) is 30.1 Å². The molecule has 0 saturated heterocycles. The van der Waals surface area contributed by atoms with Gasteiger partial charge in [0.2, 0.25) is 0 Å². The summed E-state index contributed by atoms with van der Waals surface area (Å²) >= 11 is 3.95. The van der Waals surface area contributed by atoms with Crippen molar-refractivity contribution in [2.24, 2.45) is 0 Å². The van der Waals surface area contributed by atoms with E-state index in [0.29, 0.717) is 5.92 Å². The van der Waals surface area contributed by atoms with E-state index in [4.69, 9.17) is 0 Å². The predicted molar refractivity (Wildman–Crippen MR) is 93.4 cm³/mol. The van der Waals surface area contributed by atoms with Crippen LogP contribution < -0.4 is 0 Å². The maximum Gasteiger partial charge on any atom is 0.0647 e. The third kappa shape index (κ3) is 4.92. The van der Waals surface area contributed by atoms with E-state index in [1.807, 2.05) is 23.5 Å². The van der Waals surface area contributed by atoms with Gasteiger partial charge in [0.1, 0.15) is 0 Å². The van der Waals surface area contributed by atoms with Crippen molar-refractivity contribution in [1.29, 1.82) is 0 Å². The van der Waals surface area contributed by atoms with Crippen LogP contribution in [0.25, 0.3) is 0 Å². The Kier molecular flexibility index (Phi) is 6.55. The van der Waals surface area contributed by atoms with Gasteiger partial charge >= 0.3 is 0 Å². The summed E-state index contributed by atoms with van der Waals surface area (Å²) in [6.07, 6.45) is 6.72. The topological polar surface area (TPSA) is 0 Å². The number of rotatable bonds is 7. The summed E-state index contributed by atoms with van der Waals surface area (Å²) < 4.78 is 0.260. The molecule has 0 heterocycles. The molecule has 0 N–H and O–H groups in total. The van der Waals surface area contributed by atoms with Gasteiger partial charge in [-0.25, -0.2) is 0 Å². The molecule has 0 amide bonds. The van der Waals surface area contributed by atoms with Crippen LogP contribution in [-0.4, -0.2) is 16.6 Å². The van der Waals surface area contributed by atoms with Crippen molar-refractivity contribution in [3.05, 3.63) is 47.5 Å². The summed E-state index contributed by atoms with van der Waals surface area (Å²) in [5.74, 6) is 0.583. The van der Waals surface area contributed by atoms with Crippen LogP contribution in [0.3, 0.4) is 0 Å². The molecule has 1 aromatic carbocycles. The minimum atomic E-state index is 0.260. The zero-order valence-corrected chi connectivity index (χ0v) is 14.5. The van der Waals surface area contributed by atoms with Crippen molar-refractivity contribution in [2.75, 3.05) is 12.5 Å². The smallest absolute Gasteiger partial charge is 0.0647 e. The number of hydrogen-bond donors (Lipinski definition) is 0. The van der Waals surface area contributed by atoms with Gasteiger partial charge in [-0.2, -0.15) is 0 Å². The highest BCUT2D eigenvalue weighted by Gasteiger charge is 2.30. The molecular formula is C17H26S2. The number of aryl methyl sites for hydroxylation is 1. The summed E-state index contributed by atoms with van der Waals surface area (Å²) in [4.78, 5) is 0. The number of hydrogen-bond acceptors (Lipinski definition) is 2. The Hall–Kier alpha value is -0.340.